The number of amides is 1. The lowest BCUT2D eigenvalue weighted by molar-refractivity contribution is -0.119. The first-order valence-electron chi connectivity index (χ1n) is 4.89. The van der Waals surface area contributed by atoms with Crippen molar-refractivity contribution in [2.75, 3.05) is 20.8 Å². The molecule has 0 aliphatic carbocycles. The van der Waals surface area contributed by atoms with Crippen LogP contribution in [0.4, 0.5) is 0 Å². The number of nitrogens with two attached hydrogens (primary N) is 1. The molecule has 0 aromatic heterocycles. The molecule has 3 N–H and O–H groups in total. The van der Waals surface area contributed by atoms with Gasteiger partial charge in [0.05, 0.1) is 32.9 Å². The number of hydrogen-bond acceptors (Lipinski definition) is 4. The second-order valence-electron chi connectivity index (χ2n) is 3.12. The molecule has 5 heteroatoms. The third kappa shape index (κ3) is 2.87. The van der Waals surface area contributed by atoms with E-state index in [-0.39, 0.29) is 12.5 Å². The number of methoxy groups -OCH3 is 2. The minimum absolute atomic E-state index is 0.0303. The number of hydrogen-bond donors (Lipinski definition) is 2. The molecule has 0 fully saturated rings. The average Bonchev–Trinajstić information content (AvgIpc) is 2.35. The van der Waals surface area contributed by atoms with Gasteiger partial charge in [0.15, 0.2) is 0 Å². The molecule has 0 bridgehead atoms. The maximum Gasteiger partial charge on any atom is 0.234 e. The smallest absolute Gasteiger partial charge is 0.234 e. The molecule has 16 heavy (non-hydrogen) atoms. The number of carbonyl (C=O) groups excluding carboxylic acids is 1. The molecule has 0 radical (unpaired) electrons. The second-order valence-corrected chi connectivity index (χ2v) is 3.12. The predicted octanol–water partition coefficient (Wildman–Crippen LogP) is 0.279. The van der Waals surface area contributed by atoms with E-state index in [2.05, 4.69) is 5.32 Å². The zero-order chi connectivity index (χ0) is 12.0. The van der Waals surface area contributed by atoms with Crippen molar-refractivity contribution < 1.29 is 14.3 Å². The molecule has 0 spiro atoms. The number of benzene rings is 1. The van der Waals surface area contributed by atoms with Gasteiger partial charge in [0.25, 0.3) is 0 Å². The van der Waals surface area contributed by atoms with Crippen molar-refractivity contribution in [3.05, 3.63) is 23.8 Å². The number of carbonyl (C=O) groups is 1. The van der Waals surface area contributed by atoms with Crippen LogP contribution in [0.2, 0.25) is 0 Å². The molecule has 1 aromatic rings. The van der Waals surface area contributed by atoms with E-state index in [1.54, 1.807) is 14.2 Å². The average molecular weight is 224 g/mol. The van der Waals surface area contributed by atoms with E-state index in [1.165, 1.54) is 0 Å². The van der Waals surface area contributed by atoms with Crippen molar-refractivity contribution in [2.24, 2.45) is 5.73 Å². The van der Waals surface area contributed by atoms with Crippen LogP contribution < -0.4 is 20.5 Å². The molecule has 0 saturated heterocycles. The summed E-state index contributed by atoms with van der Waals surface area (Å²) < 4.78 is 10.4. The quantitative estimate of drug-likeness (QED) is 0.753. The van der Waals surface area contributed by atoms with Crippen molar-refractivity contribution in [3.8, 4) is 11.5 Å². The molecule has 1 rings (SSSR count). The van der Waals surface area contributed by atoms with E-state index in [0.29, 0.717) is 18.0 Å². The van der Waals surface area contributed by atoms with Crippen molar-refractivity contribution in [1.82, 2.24) is 5.32 Å². The van der Waals surface area contributed by atoms with E-state index in [0.717, 1.165) is 5.56 Å². The summed E-state index contributed by atoms with van der Waals surface area (Å²) in [6.07, 6.45) is 0. The van der Waals surface area contributed by atoms with E-state index >= 15 is 0 Å². The minimum atomic E-state index is -0.215. The van der Waals surface area contributed by atoms with Crippen LogP contribution in [0.15, 0.2) is 18.2 Å². The van der Waals surface area contributed by atoms with Gasteiger partial charge in [-0.2, -0.15) is 0 Å². The Balaban J connectivity index is 2.86. The highest BCUT2D eigenvalue weighted by Gasteiger charge is 2.10. The van der Waals surface area contributed by atoms with Crippen LogP contribution in [0.5, 0.6) is 11.5 Å². The highest BCUT2D eigenvalue weighted by molar-refractivity contribution is 5.77. The number of rotatable bonds is 5. The third-order valence-corrected chi connectivity index (χ3v) is 2.18. The molecule has 5 nitrogen and oxygen atoms in total. The largest absolute Gasteiger partial charge is 0.496 e. The Morgan fingerprint density at radius 1 is 1.31 bits per heavy atom. The summed E-state index contributed by atoms with van der Waals surface area (Å²) in [5.41, 5.74) is 6.00. The summed E-state index contributed by atoms with van der Waals surface area (Å²) >= 11 is 0. The summed E-state index contributed by atoms with van der Waals surface area (Å²) in [7, 11) is 3.14. The maximum absolute atomic E-state index is 11.1. The van der Waals surface area contributed by atoms with Crippen LogP contribution in [-0.2, 0) is 11.3 Å². The van der Waals surface area contributed by atoms with E-state index < -0.39 is 0 Å². The third-order valence-electron chi connectivity index (χ3n) is 2.18. The Morgan fingerprint density at radius 2 is 1.88 bits per heavy atom. The van der Waals surface area contributed by atoms with E-state index in [1.807, 2.05) is 18.2 Å². The molecular weight excluding hydrogens is 208 g/mol. The SMILES string of the molecule is COc1cccc(OC)c1CNC(=O)CN. The van der Waals surface area contributed by atoms with Crippen molar-refractivity contribution in [1.29, 1.82) is 0 Å². The summed E-state index contributed by atoms with van der Waals surface area (Å²) in [6, 6.07) is 5.45. The van der Waals surface area contributed by atoms with Gasteiger partial charge in [-0.25, -0.2) is 0 Å². The second kappa shape index (κ2) is 5.97. The van der Waals surface area contributed by atoms with E-state index in [9.17, 15) is 4.79 Å². The Bertz CT molecular complexity index is 344. The summed E-state index contributed by atoms with van der Waals surface area (Å²) in [4.78, 5) is 11.1. The molecule has 1 aromatic carbocycles. The zero-order valence-corrected chi connectivity index (χ0v) is 9.45. The highest BCUT2D eigenvalue weighted by atomic mass is 16.5. The van der Waals surface area contributed by atoms with Gasteiger partial charge in [-0.1, -0.05) is 6.07 Å². The molecule has 0 heterocycles. The van der Waals surface area contributed by atoms with Gasteiger partial charge in [-0.3, -0.25) is 4.79 Å². The number of ether oxygens (including phenoxy) is 2. The first-order chi connectivity index (χ1) is 7.72. The topological polar surface area (TPSA) is 73.6 Å². The standard InChI is InChI=1S/C11H16N2O3/c1-15-9-4-3-5-10(16-2)8(9)7-13-11(14)6-12/h3-5H,6-7,12H2,1-2H3,(H,13,14). The fourth-order valence-electron chi connectivity index (χ4n) is 1.36. The van der Waals surface area contributed by atoms with Crippen LogP contribution >= 0.6 is 0 Å². The summed E-state index contributed by atoms with van der Waals surface area (Å²) in [6.45, 7) is 0.306. The van der Waals surface area contributed by atoms with Crippen molar-refractivity contribution in [3.63, 3.8) is 0 Å². The van der Waals surface area contributed by atoms with Gasteiger partial charge in [0.1, 0.15) is 11.5 Å². The van der Waals surface area contributed by atoms with Crippen LogP contribution in [0.25, 0.3) is 0 Å². The van der Waals surface area contributed by atoms with Crippen molar-refractivity contribution in [2.45, 2.75) is 6.54 Å². The Hall–Kier alpha value is -1.75. The van der Waals surface area contributed by atoms with Gasteiger partial charge in [0, 0.05) is 0 Å². The molecule has 0 saturated carbocycles. The summed E-state index contributed by atoms with van der Waals surface area (Å²) in [5.74, 6) is 1.14. The van der Waals surface area contributed by atoms with Crippen LogP contribution in [-0.4, -0.2) is 26.7 Å². The molecular formula is C11H16N2O3. The lowest BCUT2D eigenvalue weighted by atomic mass is 10.1. The Morgan fingerprint density at radius 3 is 2.31 bits per heavy atom. The molecule has 1 amide bonds. The van der Waals surface area contributed by atoms with Gasteiger partial charge >= 0.3 is 0 Å². The summed E-state index contributed by atoms with van der Waals surface area (Å²) in [5, 5.41) is 2.67. The van der Waals surface area contributed by atoms with Gasteiger partial charge in [-0.05, 0) is 12.1 Å². The first kappa shape index (κ1) is 12.3. The lowest BCUT2D eigenvalue weighted by Gasteiger charge is -2.13. The highest BCUT2D eigenvalue weighted by Crippen LogP contribution is 2.27. The fraction of sp³-hybridized carbons (Fsp3) is 0.364. The van der Waals surface area contributed by atoms with Crippen molar-refractivity contribution >= 4 is 5.91 Å². The van der Waals surface area contributed by atoms with Gasteiger partial charge < -0.3 is 20.5 Å². The normalized spacial score (nSPS) is 9.69. The minimum Gasteiger partial charge on any atom is -0.496 e. The van der Waals surface area contributed by atoms with Gasteiger partial charge in [0.2, 0.25) is 5.91 Å². The first-order valence-corrected chi connectivity index (χ1v) is 4.89. The zero-order valence-electron chi connectivity index (χ0n) is 9.45. The Labute approximate surface area is 94.5 Å². The van der Waals surface area contributed by atoms with Gasteiger partial charge in [-0.15, -0.1) is 0 Å². The fourth-order valence-corrected chi connectivity index (χ4v) is 1.36. The van der Waals surface area contributed by atoms with Crippen LogP contribution in [0, 0.1) is 0 Å². The maximum atomic E-state index is 11.1. The van der Waals surface area contributed by atoms with E-state index in [4.69, 9.17) is 15.2 Å². The van der Waals surface area contributed by atoms with Crippen LogP contribution in [0.1, 0.15) is 5.56 Å². The molecule has 0 unspecified atom stereocenters. The predicted molar refractivity (Wildman–Crippen MR) is 60.4 cm³/mol. The molecule has 88 valence electrons. The number of nitrogens with one attached hydrogen (secondary N) is 1. The van der Waals surface area contributed by atoms with Crippen LogP contribution in [0.3, 0.4) is 0 Å². The lowest BCUT2D eigenvalue weighted by Crippen LogP contribution is -2.29. The molecule has 0 aliphatic rings. The monoisotopic (exact) mass is 224 g/mol. The molecule has 0 atom stereocenters. The molecule has 0 aliphatic heterocycles. The Kier molecular flexibility index (Phi) is 4.60.